The van der Waals surface area contributed by atoms with Gasteiger partial charge in [-0.15, -0.1) is 22.7 Å². The molecule has 2 aromatic carbocycles. The summed E-state index contributed by atoms with van der Waals surface area (Å²) < 4.78 is 0. The minimum Gasteiger partial charge on any atom is -0.139 e. The minimum absolute atomic E-state index is 1.32. The van der Waals surface area contributed by atoms with Crippen molar-refractivity contribution in [3.05, 3.63) is 80.5 Å². The van der Waals surface area contributed by atoms with E-state index in [9.17, 15) is 0 Å². The van der Waals surface area contributed by atoms with E-state index < -0.39 is 0 Å². The molecular formula is C26H26S2. The third-order valence-electron chi connectivity index (χ3n) is 5.42. The van der Waals surface area contributed by atoms with Gasteiger partial charge < -0.3 is 0 Å². The fourth-order valence-electron chi connectivity index (χ4n) is 3.97. The molecule has 0 aliphatic carbocycles. The van der Waals surface area contributed by atoms with Gasteiger partial charge in [-0.1, -0.05) is 47.5 Å². The van der Waals surface area contributed by atoms with Crippen LogP contribution in [0.25, 0.3) is 32.0 Å². The van der Waals surface area contributed by atoms with Gasteiger partial charge in [-0.25, -0.2) is 0 Å². The van der Waals surface area contributed by atoms with Crippen LogP contribution >= 0.6 is 22.7 Å². The molecule has 0 saturated carbocycles. The third kappa shape index (κ3) is 3.47. The number of hydrogen-bond donors (Lipinski definition) is 0. The Morgan fingerprint density at radius 3 is 1.21 bits per heavy atom. The van der Waals surface area contributed by atoms with Gasteiger partial charge in [-0.2, -0.15) is 0 Å². The van der Waals surface area contributed by atoms with Crippen LogP contribution in [0.5, 0.6) is 0 Å². The van der Waals surface area contributed by atoms with E-state index in [2.05, 4.69) is 90.1 Å². The molecule has 142 valence electrons. The highest BCUT2D eigenvalue weighted by Crippen LogP contribution is 2.43. The predicted octanol–water partition coefficient (Wildman–Crippen LogP) is 8.66. The van der Waals surface area contributed by atoms with Crippen LogP contribution < -0.4 is 0 Å². The normalized spacial score (nSPS) is 11.2. The van der Waals surface area contributed by atoms with Crippen molar-refractivity contribution in [1.29, 1.82) is 0 Å². The van der Waals surface area contributed by atoms with Crippen LogP contribution in [-0.2, 0) is 0 Å². The van der Waals surface area contributed by atoms with Crippen LogP contribution in [0.2, 0.25) is 0 Å². The van der Waals surface area contributed by atoms with E-state index in [-0.39, 0.29) is 0 Å². The van der Waals surface area contributed by atoms with Crippen LogP contribution in [0.4, 0.5) is 0 Å². The molecule has 0 N–H and O–H groups in total. The molecule has 0 radical (unpaired) electrons. The lowest BCUT2D eigenvalue weighted by Gasteiger charge is -2.06. The zero-order valence-corrected chi connectivity index (χ0v) is 19.1. The van der Waals surface area contributed by atoms with Crippen molar-refractivity contribution in [3.8, 4) is 32.0 Å². The highest BCUT2D eigenvalue weighted by Gasteiger charge is 2.16. The summed E-state index contributed by atoms with van der Waals surface area (Å²) in [5.74, 6) is 0. The third-order valence-corrected chi connectivity index (χ3v) is 7.72. The van der Waals surface area contributed by atoms with Crippen LogP contribution in [-0.4, -0.2) is 0 Å². The fraction of sp³-hybridized carbons (Fsp3) is 0.231. The summed E-state index contributed by atoms with van der Waals surface area (Å²) in [7, 11) is 0. The molecule has 2 heterocycles. The van der Waals surface area contributed by atoms with E-state index in [1.165, 1.54) is 64.0 Å². The quantitative estimate of drug-likeness (QED) is 0.321. The van der Waals surface area contributed by atoms with Gasteiger partial charge in [0.2, 0.25) is 0 Å². The minimum atomic E-state index is 1.32. The monoisotopic (exact) mass is 402 g/mol. The van der Waals surface area contributed by atoms with Crippen molar-refractivity contribution in [2.75, 3.05) is 0 Å². The summed E-state index contributed by atoms with van der Waals surface area (Å²) in [6, 6.07) is 18.3. The number of aryl methyl sites for hydroxylation is 6. The first-order valence-electron chi connectivity index (χ1n) is 9.70. The maximum absolute atomic E-state index is 2.38. The van der Waals surface area contributed by atoms with E-state index in [4.69, 9.17) is 0 Å². The van der Waals surface area contributed by atoms with Crippen molar-refractivity contribution in [2.24, 2.45) is 0 Å². The van der Waals surface area contributed by atoms with Crippen LogP contribution in [0.1, 0.15) is 32.0 Å². The highest BCUT2D eigenvalue weighted by molar-refractivity contribution is 7.22. The first-order valence-corrected chi connectivity index (χ1v) is 11.3. The number of hydrogen-bond acceptors (Lipinski definition) is 2. The number of thiophene rings is 2. The summed E-state index contributed by atoms with van der Waals surface area (Å²) in [6.45, 7) is 13.2. The van der Waals surface area contributed by atoms with Crippen molar-refractivity contribution >= 4 is 22.7 Å². The standard InChI is InChI=1S/C26H26S2/c1-15-7-9-21(17(3)11-15)23-13-25(27-19(23)5)26-14-24(20(6)28-26)22-10-8-16(2)12-18(22)4/h7-14H,1-6H3. The Morgan fingerprint density at radius 1 is 0.464 bits per heavy atom. The molecule has 28 heavy (non-hydrogen) atoms. The van der Waals surface area contributed by atoms with Crippen LogP contribution in [0.3, 0.4) is 0 Å². The smallest absolute Gasteiger partial charge is 0.0452 e. The topological polar surface area (TPSA) is 0 Å². The van der Waals surface area contributed by atoms with E-state index >= 15 is 0 Å². The van der Waals surface area contributed by atoms with Crippen molar-refractivity contribution in [3.63, 3.8) is 0 Å². The summed E-state index contributed by atoms with van der Waals surface area (Å²) >= 11 is 3.82. The van der Waals surface area contributed by atoms with Crippen LogP contribution in [0, 0.1) is 41.5 Å². The molecule has 4 aromatic rings. The Labute approximate surface area is 176 Å². The lowest BCUT2D eigenvalue weighted by molar-refractivity contribution is 1.38. The molecule has 0 aliphatic heterocycles. The maximum atomic E-state index is 2.38. The predicted molar refractivity (Wildman–Crippen MR) is 127 cm³/mol. The second-order valence-corrected chi connectivity index (χ2v) is 10.3. The molecule has 2 heteroatoms. The average Bonchev–Trinajstić information content (AvgIpc) is 3.18. The van der Waals surface area contributed by atoms with E-state index in [1.807, 2.05) is 22.7 Å². The highest BCUT2D eigenvalue weighted by atomic mass is 32.1. The maximum Gasteiger partial charge on any atom is 0.0452 e. The van der Waals surface area contributed by atoms with Crippen molar-refractivity contribution in [2.45, 2.75) is 41.5 Å². The molecule has 0 bridgehead atoms. The van der Waals surface area contributed by atoms with Crippen molar-refractivity contribution in [1.82, 2.24) is 0 Å². The van der Waals surface area contributed by atoms with Gasteiger partial charge in [0, 0.05) is 19.5 Å². The Bertz CT molecular complexity index is 1080. The Hall–Kier alpha value is -2.16. The molecule has 0 amide bonds. The Balaban J connectivity index is 1.77. The second-order valence-electron chi connectivity index (χ2n) is 7.80. The first kappa shape index (κ1) is 19.2. The molecule has 0 spiro atoms. The van der Waals surface area contributed by atoms with Gasteiger partial charge in [-0.05, 0) is 87.1 Å². The van der Waals surface area contributed by atoms with Gasteiger partial charge in [0.25, 0.3) is 0 Å². The largest absolute Gasteiger partial charge is 0.139 e. The van der Waals surface area contributed by atoms with Crippen LogP contribution in [0.15, 0.2) is 48.5 Å². The number of benzene rings is 2. The SMILES string of the molecule is Cc1ccc(-c2cc(-c3cc(-c4ccc(C)cc4C)c(C)s3)sc2C)c(C)c1. The molecular weight excluding hydrogens is 376 g/mol. The summed E-state index contributed by atoms with van der Waals surface area (Å²) in [6.07, 6.45) is 0. The Morgan fingerprint density at radius 2 is 0.857 bits per heavy atom. The molecule has 0 fully saturated rings. The van der Waals surface area contributed by atoms with Gasteiger partial charge in [0.15, 0.2) is 0 Å². The summed E-state index contributed by atoms with van der Waals surface area (Å²) in [5, 5.41) is 0. The Kier molecular flexibility index (Phi) is 5.03. The van der Waals surface area contributed by atoms with E-state index in [0.29, 0.717) is 0 Å². The zero-order chi connectivity index (χ0) is 20.0. The van der Waals surface area contributed by atoms with Gasteiger partial charge >= 0.3 is 0 Å². The molecule has 0 aliphatic rings. The number of rotatable bonds is 3. The zero-order valence-electron chi connectivity index (χ0n) is 17.4. The summed E-state index contributed by atoms with van der Waals surface area (Å²) in [4.78, 5) is 5.52. The molecule has 0 saturated heterocycles. The molecule has 0 nitrogen and oxygen atoms in total. The molecule has 0 unspecified atom stereocenters. The van der Waals surface area contributed by atoms with E-state index in [1.54, 1.807) is 0 Å². The van der Waals surface area contributed by atoms with Gasteiger partial charge in [-0.3, -0.25) is 0 Å². The molecule has 4 rings (SSSR count). The second kappa shape index (κ2) is 7.35. The molecule has 0 atom stereocenters. The lowest BCUT2D eigenvalue weighted by atomic mass is 9.98. The van der Waals surface area contributed by atoms with Gasteiger partial charge in [0.1, 0.15) is 0 Å². The summed E-state index contributed by atoms with van der Waals surface area (Å²) in [5.41, 5.74) is 10.8. The van der Waals surface area contributed by atoms with Crippen molar-refractivity contribution < 1.29 is 0 Å². The first-order chi connectivity index (χ1) is 13.3. The molecule has 2 aromatic heterocycles. The fourth-order valence-corrected chi connectivity index (χ4v) is 6.11. The van der Waals surface area contributed by atoms with E-state index in [0.717, 1.165) is 0 Å². The average molecular weight is 403 g/mol. The van der Waals surface area contributed by atoms with Gasteiger partial charge in [0.05, 0.1) is 0 Å². The lowest BCUT2D eigenvalue weighted by Crippen LogP contribution is -1.84.